The molecule has 9 heteroatoms. The first-order chi connectivity index (χ1) is 12.9. The Kier molecular flexibility index (Phi) is 6.65. The molecule has 0 radical (unpaired) electrons. The van der Waals surface area contributed by atoms with E-state index in [1.165, 1.54) is 57.7 Å². The van der Waals surface area contributed by atoms with Crippen molar-refractivity contribution >= 4 is 21.6 Å². The van der Waals surface area contributed by atoms with Crippen LogP contribution in [0.2, 0.25) is 0 Å². The molecular formula is C18H22N2O6S. The van der Waals surface area contributed by atoms with Crippen LogP contribution in [0, 0.1) is 0 Å². The molecule has 1 amide bonds. The van der Waals surface area contributed by atoms with E-state index in [0.717, 1.165) is 0 Å². The third kappa shape index (κ3) is 4.69. The Balaban J connectivity index is 2.25. The fourth-order valence-electron chi connectivity index (χ4n) is 2.41. The first-order valence-electron chi connectivity index (χ1n) is 8.07. The summed E-state index contributed by atoms with van der Waals surface area (Å²) in [4.78, 5) is 12.7. The lowest BCUT2D eigenvalue weighted by Gasteiger charge is -2.14. The number of nitrogens with one attached hydrogen (secondary N) is 2. The van der Waals surface area contributed by atoms with Gasteiger partial charge in [0.1, 0.15) is 0 Å². The Morgan fingerprint density at radius 3 is 1.96 bits per heavy atom. The average Bonchev–Trinajstić information content (AvgIpc) is 2.67. The predicted molar refractivity (Wildman–Crippen MR) is 101 cm³/mol. The van der Waals surface area contributed by atoms with Crippen LogP contribution in [0.4, 0.5) is 5.69 Å². The van der Waals surface area contributed by atoms with Crippen LogP contribution in [-0.4, -0.2) is 42.2 Å². The minimum atomic E-state index is -3.54. The highest BCUT2D eigenvalue weighted by molar-refractivity contribution is 7.89. The Hall–Kier alpha value is -2.78. The Morgan fingerprint density at radius 1 is 0.963 bits per heavy atom. The second kappa shape index (κ2) is 8.74. The van der Waals surface area contributed by atoms with Crippen molar-refractivity contribution in [2.45, 2.75) is 11.8 Å². The maximum atomic E-state index is 12.5. The summed E-state index contributed by atoms with van der Waals surface area (Å²) in [7, 11) is 0.854. The zero-order valence-electron chi connectivity index (χ0n) is 15.5. The standard InChI is InChI=1S/C18H22N2O6S/c1-5-19-27(22,23)14-8-6-13(7-9-14)20-18(21)12-10-15(24-2)17(26-4)16(11-12)25-3/h6-11,19H,5H2,1-4H3,(H,20,21). The van der Waals surface area contributed by atoms with E-state index in [9.17, 15) is 13.2 Å². The maximum Gasteiger partial charge on any atom is 0.255 e. The minimum Gasteiger partial charge on any atom is -0.493 e. The van der Waals surface area contributed by atoms with Gasteiger partial charge in [0.05, 0.1) is 26.2 Å². The number of ether oxygens (including phenoxy) is 3. The predicted octanol–water partition coefficient (Wildman–Crippen LogP) is 2.26. The zero-order chi connectivity index (χ0) is 20.0. The molecule has 0 aliphatic carbocycles. The molecule has 146 valence electrons. The molecule has 0 aliphatic heterocycles. The summed E-state index contributed by atoms with van der Waals surface area (Å²) in [5.41, 5.74) is 0.748. The van der Waals surface area contributed by atoms with Crippen LogP contribution in [0.1, 0.15) is 17.3 Å². The van der Waals surface area contributed by atoms with Crippen LogP contribution < -0.4 is 24.2 Å². The summed E-state index contributed by atoms with van der Waals surface area (Å²) >= 11 is 0. The van der Waals surface area contributed by atoms with Crippen molar-refractivity contribution in [1.82, 2.24) is 4.72 Å². The molecule has 8 nitrogen and oxygen atoms in total. The SMILES string of the molecule is CCNS(=O)(=O)c1ccc(NC(=O)c2cc(OC)c(OC)c(OC)c2)cc1. The number of hydrogen-bond acceptors (Lipinski definition) is 6. The third-order valence-electron chi connectivity index (χ3n) is 3.68. The van der Waals surface area contributed by atoms with Gasteiger partial charge >= 0.3 is 0 Å². The molecule has 27 heavy (non-hydrogen) atoms. The number of carbonyl (C=O) groups excluding carboxylic acids is 1. The van der Waals surface area contributed by atoms with E-state index in [-0.39, 0.29) is 4.90 Å². The minimum absolute atomic E-state index is 0.120. The van der Waals surface area contributed by atoms with Crippen molar-refractivity contribution in [1.29, 1.82) is 0 Å². The Labute approximate surface area is 158 Å². The van der Waals surface area contributed by atoms with E-state index in [2.05, 4.69) is 10.0 Å². The van der Waals surface area contributed by atoms with E-state index < -0.39 is 15.9 Å². The highest BCUT2D eigenvalue weighted by Crippen LogP contribution is 2.38. The molecule has 0 atom stereocenters. The van der Waals surface area contributed by atoms with Crippen LogP contribution in [-0.2, 0) is 10.0 Å². The first-order valence-corrected chi connectivity index (χ1v) is 9.55. The number of rotatable bonds is 8. The van der Waals surface area contributed by atoms with Crippen LogP contribution in [0.25, 0.3) is 0 Å². The van der Waals surface area contributed by atoms with Gasteiger partial charge in [-0.3, -0.25) is 4.79 Å². The second-order valence-electron chi connectivity index (χ2n) is 5.39. The summed E-state index contributed by atoms with van der Waals surface area (Å²) in [5, 5.41) is 2.70. The van der Waals surface area contributed by atoms with E-state index in [1.807, 2.05) is 0 Å². The van der Waals surface area contributed by atoms with Gasteiger partial charge in [-0.15, -0.1) is 0 Å². The van der Waals surface area contributed by atoms with Crippen molar-refractivity contribution in [3.05, 3.63) is 42.0 Å². The molecule has 2 rings (SSSR count). The largest absolute Gasteiger partial charge is 0.493 e. The molecule has 0 aromatic heterocycles. The van der Waals surface area contributed by atoms with E-state index >= 15 is 0 Å². The summed E-state index contributed by atoms with van der Waals surface area (Å²) in [6.45, 7) is 1.99. The van der Waals surface area contributed by atoms with Crippen molar-refractivity contribution in [3.63, 3.8) is 0 Å². The summed E-state index contributed by atoms with van der Waals surface area (Å²) in [5.74, 6) is 0.689. The van der Waals surface area contributed by atoms with Gasteiger partial charge in [-0.1, -0.05) is 6.92 Å². The van der Waals surface area contributed by atoms with Crippen molar-refractivity contribution < 1.29 is 27.4 Å². The molecule has 2 N–H and O–H groups in total. The third-order valence-corrected chi connectivity index (χ3v) is 5.25. The van der Waals surface area contributed by atoms with Gasteiger partial charge in [-0.25, -0.2) is 13.1 Å². The smallest absolute Gasteiger partial charge is 0.255 e. The van der Waals surface area contributed by atoms with E-state index in [0.29, 0.717) is 35.0 Å². The first kappa shape index (κ1) is 20.5. The number of benzene rings is 2. The van der Waals surface area contributed by atoms with E-state index in [1.54, 1.807) is 6.92 Å². The molecule has 0 aliphatic rings. The van der Waals surface area contributed by atoms with Crippen molar-refractivity contribution in [3.8, 4) is 17.2 Å². The van der Waals surface area contributed by atoms with Crippen molar-refractivity contribution in [2.75, 3.05) is 33.2 Å². The second-order valence-corrected chi connectivity index (χ2v) is 7.16. The van der Waals surface area contributed by atoms with Crippen LogP contribution in [0.5, 0.6) is 17.2 Å². The lowest BCUT2D eigenvalue weighted by atomic mass is 10.1. The number of carbonyl (C=O) groups is 1. The summed E-state index contributed by atoms with van der Waals surface area (Å²) in [6.07, 6.45) is 0. The van der Waals surface area contributed by atoms with Gasteiger partial charge in [0, 0.05) is 17.8 Å². The monoisotopic (exact) mass is 394 g/mol. The zero-order valence-corrected chi connectivity index (χ0v) is 16.3. The molecular weight excluding hydrogens is 372 g/mol. The van der Waals surface area contributed by atoms with Gasteiger partial charge in [0.2, 0.25) is 15.8 Å². The highest BCUT2D eigenvalue weighted by atomic mass is 32.2. The topological polar surface area (TPSA) is 103 Å². The number of sulfonamides is 1. The van der Waals surface area contributed by atoms with Gasteiger partial charge in [0.15, 0.2) is 11.5 Å². The van der Waals surface area contributed by atoms with Gasteiger partial charge in [-0.05, 0) is 36.4 Å². The number of methoxy groups -OCH3 is 3. The van der Waals surface area contributed by atoms with Gasteiger partial charge in [0.25, 0.3) is 5.91 Å². The van der Waals surface area contributed by atoms with Crippen LogP contribution in [0.15, 0.2) is 41.3 Å². The quantitative estimate of drug-likeness (QED) is 0.712. The molecule has 0 saturated heterocycles. The lowest BCUT2D eigenvalue weighted by molar-refractivity contribution is 0.102. The molecule has 0 fully saturated rings. The Bertz CT molecular complexity index is 885. The number of hydrogen-bond donors (Lipinski definition) is 2. The number of anilines is 1. The fraction of sp³-hybridized carbons (Fsp3) is 0.278. The molecule has 0 unspecified atom stereocenters. The fourth-order valence-corrected chi connectivity index (χ4v) is 3.45. The van der Waals surface area contributed by atoms with E-state index in [4.69, 9.17) is 14.2 Å². The van der Waals surface area contributed by atoms with Gasteiger partial charge < -0.3 is 19.5 Å². The highest BCUT2D eigenvalue weighted by Gasteiger charge is 2.17. The summed E-state index contributed by atoms with van der Waals surface area (Å²) in [6, 6.07) is 8.92. The van der Waals surface area contributed by atoms with Crippen LogP contribution in [0.3, 0.4) is 0 Å². The summed E-state index contributed by atoms with van der Waals surface area (Å²) < 4.78 is 42.0. The maximum absolute atomic E-state index is 12.5. The number of amides is 1. The molecule has 0 heterocycles. The normalized spacial score (nSPS) is 11.0. The molecule has 0 spiro atoms. The lowest BCUT2D eigenvalue weighted by Crippen LogP contribution is -2.23. The molecule has 0 saturated carbocycles. The van der Waals surface area contributed by atoms with Gasteiger partial charge in [-0.2, -0.15) is 0 Å². The van der Waals surface area contributed by atoms with Crippen molar-refractivity contribution in [2.24, 2.45) is 0 Å². The average molecular weight is 394 g/mol. The molecule has 0 bridgehead atoms. The van der Waals surface area contributed by atoms with Crippen LogP contribution >= 0.6 is 0 Å². The molecule has 2 aromatic carbocycles. The molecule has 2 aromatic rings. The Morgan fingerprint density at radius 2 is 1.52 bits per heavy atom.